The van der Waals surface area contributed by atoms with E-state index in [-0.39, 0.29) is 5.91 Å². The lowest BCUT2D eigenvalue weighted by Crippen LogP contribution is -2.30. The smallest absolute Gasteiger partial charge is 0.253 e. The van der Waals surface area contributed by atoms with Gasteiger partial charge in [0, 0.05) is 31.9 Å². The first-order chi connectivity index (χ1) is 10.8. The summed E-state index contributed by atoms with van der Waals surface area (Å²) in [5.74, 6) is 0.549. The molecule has 5 heteroatoms. The second-order valence-corrected chi connectivity index (χ2v) is 5.86. The molecule has 2 N–H and O–H groups in total. The molecule has 1 aliphatic heterocycles. The molecule has 22 heavy (non-hydrogen) atoms. The highest BCUT2D eigenvalue weighted by molar-refractivity contribution is 5.95. The Labute approximate surface area is 130 Å². The van der Waals surface area contributed by atoms with Crippen molar-refractivity contribution in [2.45, 2.75) is 18.8 Å². The number of nitrogens with one attached hydrogen (secondary N) is 2. The lowest BCUT2D eigenvalue weighted by molar-refractivity contribution is 0.0795. The molecular formula is C17H22N4O. The Bertz CT molecular complexity index is 617. The van der Waals surface area contributed by atoms with Gasteiger partial charge in [-0.05, 0) is 42.5 Å². The molecule has 3 rings (SSSR count). The summed E-state index contributed by atoms with van der Waals surface area (Å²) in [5.41, 5.74) is 3.13. The molecular weight excluding hydrogens is 276 g/mol. The van der Waals surface area contributed by atoms with Crippen molar-refractivity contribution in [1.82, 2.24) is 20.4 Å². The molecule has 1 saturated heterocycles. The number of carbonyl (C=O) groups excluding carboxylic acids is 1. The van der Waals surface area contributed by atoms with Crippen molar-refractivity contribution < 1.29 is 4.79 Å². The van der Waals surface area contributed by atoms with E-state index in [9.17, 15) is 4.79 Å². The summed E-state index contributed by atoms with van der Waals surface area (Å²) in [5, 5.41) is 10.1. The normalized spacial score (nSPS) is 17.6. The number of hydrogen-bond donors (Lipinski definition) is 2. The van der Waals surface area contributed by atoms with Crippen molar-refractivity contribution in [3.8, 4) is 0 Å². The van der Waals surface area contributed by atoms with E-state index >= 15 is 0 Å². The van der Waals surface area contributed by atoms with Gasteiger partial charge >= 0.3 is 0 Å². The fourth-order valence-electron chi connectivity index (χ4n) is 2.99. The fourth-order valence-corrected chi connectivity index (χ4v) is 2.99. The van der Waals surface area contributed by atoms with Crippen molar-refractivity contribution in [1.29, 1.82) is 0 Å². The maximum atomic E-state index is 12.8. The average molecular weight is 298 g/mol. The zero-order chi connectivity index (χ0) is 15.4. The molecule has 1 fully saturated rings. The third-order valence-electron chi connectivity index (χ3n) is 4.33. The summed E-state index contributed by atoms with van der Waals surface area (Å²) in [6, 6.07) is 8.01. The van der Waals surface area contributed by atoms with Crippen LogP contribution in [-0.2, 0) is 6.42 Å². The van der Waals surface area contributed by atoms with E-state index in [1.165, 1.54) is 5.56 Å². The molecule has 0 aliphatic carbocycles. The van der Waals surface area contributed by atoms with Crippen LogP contribution >= 0.6 is 0 Å². The summed E-state index contributed by atoms with van der Waals surface area (Å²) in [4.78, 5) is 14.6. The standard InChI is InChI=1S/C17H22N4O/c1-21(9-7-13-10-19-20-11-13)17(22)16-5-3-2-4-15(16)14-6-8-18-12-14/h2-5,10-11,14,18H,6-9,12H2,1H3,(H,19,20). The van der Waals surface area contributed by atoms with Crippen molar-refractivity contribution in [3.63, 3.8) is 0 Å². The first kappa shape index (κ1) is 14.8. The SMILES string of the molecule is CN(CCc1cn[nH]c1)C(=O)c1ccccc1C1CCNC1. The maximum Gasteiger partial charge on any atom is 0.253 e. The van der Waals surface area contributed by atoms with E-state index < -0.39 is 0 Å². The van der Waals surface area contributed by atoms with Gasteiger partial charge in [-0.15, -0.1) is 0 Å². The largest absolute Gasteiger partial charge is 0.341 e. The number of likely N-dealkylation sites (N-methyl/N-ethyl adjacent to an activating group) is 1. The molecule has 1 aromatic carbocycles. The summed E-state index contributed by atoms with van der Waals surface area (Å²) in [7, 11) is 1.87. The molecule has 1 unspecified atom stereocenters. The topological polar surface area (TPSA) is 61.0 Å². The number of aromatic amines is 1. The van der Waals surface area contributed by atoms with Crippen LogP contribution in [0, 0.1) is 0 Å². The third kappa shape index (κ3) is 3.20. The molecule has 1 aromatic heterocycles. The number of rotatable bonds is 5. The molecule has 0 bridgehead atoms. The van der Waals surface area contributed by atoms with Crippen molar-refractivity contribution in [3.05, 3.63) is 53.3 Å². The quantitative estimate of drug-likeness (QED) is 0.885. The van der Waals surface area contributed by atoms with Gasteiger partial charge in [-0.3, -0.25) is 9.89 Å². The summed E-state index contributed by atoms with van der Waals surface area (Å²) < 4.78 is 0. The first-order valence-corrected chi connectivity index (χ1v) is 7.78. The molecule has 0 saturated carbocycles. The zero-order valence-corrected chi connectivity index (χ0v) is 12.9. The van der Waals surface area contributed by atoms with Gasteiger partial charge < -0.3 is 10.2 Å². The van der Waals surface area contributed by atoms with Gasteiger partial charge in [-0.1, -0.05) is 18.2 Å². The lowest BCUT2D eigenvalue weighted by Gasteiger charge is -2.20. The van der Waals surface area contributed by atoms with Crippen LogP contribution in [0.3, 0.4) is 0 Å². The van der Waals surface area contributed by atoms with Gasteiger partial charge in [0.05, 0.1) is 6.20 Å². The minimum atomic E-state index is 0.103. The number of benzene rings is 1. The third-order valence-corrected chi connectivity index (χ3v) is 4.33. The van der Waals surface area contributed by atoms with Crippen molar-refractivity contribution >= 4 is 5.91 Å². The molecule has 116 valence electrons. The predicted molar refractivity (Wildman–Crippen MR) is 85.9 cm³/mol. The van der Waals surface area contributed by atoms with Crippen LogP contribution in [0.5, 0.6) is 0 Å². The van der Waals surface area contributed by atoms with E-state index in [4.69, 9.17) is 0 Å². The van der Waals surface area contributed by atoms with Crippen molar-refractivity contribution in [2.24, 2.45) is 0 Å². The van der Waals surface area contributed by atoms with Gasteiger partial charge in [-0.25, -0.2) is 0 Å². The Morgan fingerprint density at radius 3 is 3.00 bits per heavy atom. The minimum Gasteiger partial charge on any atom is -0.341 e. The van der Waals surface area contributed by atoms with Crippen molar-refractivity contribution in [2.75, 3.05) is 26.7 Å². The summed E-state index contributed by atoms with van der Waals surface area (Å²) in [6.07, 6.45) is 5.59. The average Bonchev–Trinajstić information content (AvgIpc) is 3.25. The second kappa shape index (κ2) is 6.75. The molecule has 2 heterocycles. The van der Waals surface area contributed by atoms with Gasteiger partial charge in [0.25, 0.3) is 5.91 Å². The van der Waals surface area contributed by atoms with Gasteiger partial charge in [0.2, 0.25) is 0 Å². The highest BCUT2D eigenvalue weighted by Crippen LogP contribution is 2.26. The van der Waals surface area contributed by atoms with Crippen LogP contribution in [0.15, 0.2) is 36.7 Å². The zero-order valence-electron chi connectivity index (χ0n) is 12.9. The molecule has 5 nitrogen and oxygen atoms in total. The number of nitrogens with zero attached hydrogens (tertiary/aromatic N) is 2. The van der Waals surface area contributed by atoms with Crippen LogP contribution in [0.4, 0.5) is 0 Å². The lowest BCUT2D eigenvalue weighted by atomic mass is 9.93. The van der Waals surface area contributed by atoms with E-state index in [0.717, 1.165) is 37.1 Å². The number of H-pyrrole nitrogens is 1. The summed E-state index contributed by atoms with van der Waals surface area (Å²) >= 11 is 0. The minimum absolute atomic E-state index is 0.103. The molecule has 1 aliphatic rings. The van der Waals surface area contributed by atoms with Crippen LogP contribution in [-0.4, -0.2) is 47.7 Å². The number of carbonyl (C=O) groups is 1. The van der Waals surface area contributed by atoms with E-state index in [0.29, 0.717) is 12.5 Å². The van der Waals surface area contributed by atoms with Crippen LogP contribution in [0.2, 0.25) is 0 Å². The molecule has 0 radical (unpaired) electrons. The molecule has 1 amide bonds. The molecule has 1 atom stereocenters. The Morgan fingerprint density at radius 1 is 1.41 bits per heavy atom. The fraction of sp³-hybridized carbons (Fsp3) is 0.412. The Balaban J connectivity index is 1.71. The van der Waals surface area contributed by atoms with Gasteiger partial charge in [0.1, 0.15) is 0 Å². The highest BCUT2D eigenvalue weighted by Gasteiger charge is 2.23. The van der Waals surface area contributed by atoms with Gasteiger partial charge in [0.15, 0.2) is 0 Å². The Kier molecular flexibility index (Phi) is 4.53. The molecule has 2 aromatic rings. The monoisotopic (exact) mass is 298 g/mol. The van der Waals surface area contributed by atoms with E-state index in [2.05, 4.69) is 21.6 Å². The summed E-state index contributed by atoms with van der Waals surface area (Å²) in [6.45, 7) is 2.68. The highest BCUT2D eigenvalue weighted by atomic mass is 16.2. The van der Waals surface area contributed by atoms with Gasteiger partial charge in [-0.2, -0.15) is 5.10 Å². The second-order valence-electron chi connectivity index (χ2n) is 5.86. The van der Waals surface area contributed by atoms with E-state index in [1.54, 1.807) is 11.1 Å². The Hall–Kier alpha value is -2.14. The number of amides is 1. The Morgan fingerprint density at radius 2 is 2.27 bits per heavy atom. The number of aromatic nitrogens is 2. The maximum absolute atomic E-state index is 12.8. The van der Waals surface area contributed by atoms with Crippen LogP contribution in [0.1, 0.15) is 33.8 Å². The van der Waals surface area contributed by atoms with Crippen LogP contribution in [0.25, 0.3) is 0 Å². The van der Waals surface area contributed by atoms with Crippen LogP contribution < -0.4 is 5.32 Å². The first-order valence-electron chi connectivity index (χ1n) is 7.78. The van der Waals surface area contributed by atoms with E-state index in [1.807, 2.05) is 31.4 Å². The predicted octanol–water partition coefficient (Wildman–Crippen LogP) is 1.80. The number of hydrogen-bond acceptors (Lipinski definition) is 3. The molecule has 0 spiro atoms.